The maximum absolute atomic E-state index is 6.60. The lowest BCUT2D eigenvalue weighted by Gasteiger charge is -2.48. The van der Waals surface area contributed by atoms with Gasteiger partial charge in [0, 0.05) is 18.1 Å². The Bertz CT molecular complexity index is 451. The molecule has 1 saturated heterocycles. The first-order valence-corrected chi connectivity index (χ1v) is 8.74. The van der Waals surface area contributed by atoms with E-state index in [9.17, 15) is 0 Å². The van der Waals surface area contributed by atoms with Crippen LogP contribution in [0.1, 0.15) is 62.6 Å². The molecule has 2 fully saturated rings. The number of likely N-dealkylation sites (tertiary alicyclic amines) is 1. The van der Waals surface area contributed by atoms with Crippen LogP contribution in [0.25, 0.3) is 0 Å². The maximum atomic E-state index is 6.60. The molecule has 0 radical (unpaired) electrons. The fourth-order valence-electron chi connectivity index (χ4n) is 4.44. The van der Waals surface area contributed by atoms with Gasteiger partial charge in [0.05, 0.1) is 0 Å². The zero-order valence-electron chi connectivity index (χ0n) is 13.6. The predicted octanol–water partition coefficient (Wildman–Crippen LogP) is 4.04. The fourth-order valence-corrected chi connectivity index (χ4v) is 4.44. The number of piperidine rings is 1. The van der Waals surface area contributed by atoms with Crippen LogP contribution in [0.2, 0.25) is 0 Å². The molecule has 4 atom stereocenters. The number of fused-ring (bicyclic) bond motifs is 1. The van der Waals surface area contributed by atoms with Crippen molar-refractivity contribution < 1.29 is 0 Å². The van der Waals surface area contributed by atoms with Crippen LogP contribution in [0.4, 0.5) is 0 Å². The number of aryl methyl sites for hydroxylation is 1. The van der Waals surface area contributed by atoms with Gasteiger partial charge in [-0.1, -0.05) is 42.7 Å². The summed E-state index contributed by atoms with van der Waals surface area (Å²) >= 11 is 0. The van der Waals surface area contributed by atoms with Gasteiger partial charge in [-0.2, -0.15) is 0 Å². The van der Waals surface area contributed by atoms with Gasteiger partial charge in [-0.3, -0.25) is 4.90 Å². The minimum Gasteiger partial charge on any atom is -0.323 e. The number of hydrogen-bond acceptors (Lipinski definition) is 2. The molecule has 1 saturated carbocycles. The maximum Gasteiger partial charge on any atom is 0.0450 e. The van der Waals surface area contributed by atoms with Gasteiger partial charge >= 0.3 is 0 Å². The molecule has 0 bridgehead atoms. The van der Waals surface area contributed by atoms with Crippen molar-refractivity contribution in [3.8, 4) is 0 Å². The van der Waals surface area contributed by atoms with Crippen molar-refractivity contribution in [3.63, 3.8) is 0 Å². The van der Waals surface area contributed by atoms with Crippen LogP contribution >= 0.6 is 0 Å². The van der Waals surface area contributed by atoms with E-state index in [-0.39, 0.29) is 6.04 Å². The minimum absolute atomic E-state index is 0.131. The summed E-state index contributed by atoms with van der Waals surface area (Å²) in [7, 11) is 0. The van der Waals surface area contributed by atoms with Crippen molar-refractivity contribution in [1.29, 1.82) is 0 Å². The van der Waals surface area contributed by atoms with E-state index in [1.54, 1.807) is 0 Å². The van der Waals surface area contributed by atoms with Crippen molar-refractivity contribution in [2.24, 2.45) is 11.7 Å². The molecule has 1 aromatic carbocycles. The molecule has 1 aliphatic carbocycles. The van der Waals surface area contributed by atoms with Gasteiger partial charge in [0.25, 0.3) is 0 Å². The summed E-state index contributed by atoms with van der Waals surface area (Å²) in [5.74, 6) is 0.931. The highest BCUT2D eigenvalue weighted by Crippen LogP contribution is 2.37. The standard InChI is InChI=1S/C19H30N2/c1-14-9-11-17(12-10-14)19(20)15(2)21-13-5-7-16-6-3-4-8-18(16)21/h9-12,15-16,18-19H,3-8,13,20H2,1-2H3. The normalized spacial score (nSPS) is 29.7. The first kappa shape index (κ1) is 15.1. The highest BCUT2D eigenvalue weighted by Gasteiger charge is 2.36. The van der Waals surface area contributed by atoms with E-state index in [1.165, 1.54) is 56.2 Å². The van der Waals surface area contributed by atoms with Gasteiger partial charge in [0.1, 0.15) is 0 Å². The zero-order chi connectivity index (χ0) is 14.8. The lowest BCUT2D eigenvalue weighted by Crippen LogP contribution is -2.53. The SMILES string of the molecule is Cc1ccc(C(N)C(C)N2CCCC3CCCCC32)cc1. The van der Waals surface area contributed by atoms with E-state index < -0.39 is 0 Å². The van der Waals surface area contributed by atoms with Crippen molar-refractivity contribution >= 4 is 0 Å². The summed E-state index contributed by atoms with van der Waals surface area (Å²) in [6, 6.07) is 10.1. The second kappa shape index (κ2) is 6.50. The second-order valence-electron chi connectivity index (χ2n) is 7.17. The molecule has 1 aliphatic heterocycles. The predicted molar refractivity (Wildman–Crippen MR) is 89.3 cm³/mol. The molecule has 3 rings (SSSR count). The average Bonchev–Trinajstić information content (AvgIpc) is 2.53. The molecule has 4 unspecified atom stereocenters. The smallest absolute Gasteiger partial charge is 0.0450 e. The number of nitrogens with zero attached hydrogens (tertiary/aromatic N) is 1. The first-order valence-electron chi connectivity index (χ1n) is 8.74. The molecule has 21 heavy (non-hydrogen) atoms. The monoisotopic (exact) mass is 286 g/mol. The molecule has 1 aromatic rings. The summed E-state index contributed by atoms with van der Waals surface area (Å²) in [5, 5.41) is 0. The third-order valence-electron chi connectivity index (χ3n) is 5.79. The van der Waals surface area contributed by atoms with Gasteiger partial charge in [0.2, 0.25) is 0 Å². The lowest BCUT2D eigenvalue weighted by atomic mass is 9.77. The van der Waals surface area contributed by atoms with Gasteiger partial charge in [0.15, 0.2) is 0 Å². The highest BCUT2D eigenvalue weighted by molar-refractivity contribution is 5.25. The van der Waals surface area contributed by atoms with Crippen LogP contribution in [0, 0.1) is 12.8 Å². The van der Waals surface area contributed by atoms with Crippen LogP contribution in [0.15, 0.2) is 24.3 Å². The Labute approximate surface area is 129 Å². The Balaban J connectivity index is 1.73. The summed E-state index contributed by atoms with van der Waals surface area (Å²) in [4.78, 5) is 2.73. The van der Waals surface area contributed by atoms with Crippen LogP contribution in [0.5, 0.6) is 0 Å². The number of benzene rings is 1. The van der Waals surface area contributed by atoms with Crippen LogP contribution in [-0.4, -0.2) is 23.5 Å². The third-order valence-corrected chi connectivity index (χ3v) is 5.79. The molecule has 116 valence electrons. The molecule has 0 aromatic heterocycles. The molecule has 2 heteroatoms. The Kier molecular flexibility index (Phi) is 4.66. The number of hydrogen-bond donors (Lipinski definition) is 1. The van der Waals surface area contributed by atoms with Crippen molar-refractivity contribution in [2.45, 2.75) is 70.5 Å². The topological polar surface area (TPSA) is 29.3 Å². The van der Waals surface area contributed by atoms with Crippen molar-refractivity contribution in [1.82, 2.24) is 4.90 Å². The Morgan fingerprint density at radius 1 is 1.05 bits per heavy atom. The van der Waals surface area contributed by atoms with E-state index in [0.717, 1.165) is 12.0 Å². The third kappa shape index (κ3) is 3.17. The molecule has 1 heterocycles. The number of rotatable bonds is 3. The molecule has 2 aliphatic rings. The minimum atomic E-state index is 0.131. The van der Waals surface area contributed by atoms with Gasteiger partial charge in [-0.25, -0.2) is 0 Å². The Morgan fingerprint density at radius 2 is 1.71 bits per heavy atom. The average molecular weight is 286 g/mol. The summed E-state index contributed by atoms with van der Waals surface area (Å²) in [6.45, 7) is 5.71. The van der Waals surface area contributed by atoms with E-state index in [0.29, 0.717) is 6.04 Å². The number of nitrogens with two attached hydrogens (primary N) is 1. The van der Waals surface area contributed by atoms with E-state index in [4.69, 9.17) is 5.73 Å². The quantitative estimate of drug-likeness (QED) is 0.908. The van der Waals surface area contributed by atoms with E-state index in [2.05, 4.69) is 43.0 Å². The largest absolute Gasteiger partial charge is 0.323 e. The van der Waals surface area contributed by atoms with Gasteiger partial charge in [-0.05, 0) is 57.6 Å². The van der Waals surface area contributed by atoms with Crippen LogP contribution in [0.3, 0.4) is 0 Å². The van der Waals surface area contributed by atoms with Gasteiger partial charge in [-0.15, -0.1) is 0 Å². The highest BCUT2D eigenvalue weighted by atomic mass is 15.2. The van der Waals surface area contributed by atoms with Crippen LogP contribution in [-0.2, 0) is 0 Å². The molecule has 2 nitrogen and oxygen atoms in total. The zero-order valence-corrected chi connectivity index (χ0v) is 13.6. The summed E-state index contributed by atoms with van der Waals surface area (Å²) in [6.07, 6.45) is 8.46. The Morgan fingerprint density at radius 3 is 2.48 bits per heavy atom. The molecule has 0 amide bonds. The van der Waals surface area contributed by atoms with E-state index >= 15 is 0 Å². The first-order chi connectivity index (χ1) is 10.2. The lowest BCUT2D eigenvalue weighted by molar-refractivity contribution is 0.0229. The molecule has 2 N–H and O–H groups in total. The fraction of sp³-hybridized carbons (Fsp3) is 0.684. The second-order valence-corrected chi connectivity index (χ2v) is 7.17. The summed E-state index contributed by atoms with van der Waals surface area (Å²) in [5.41, 5.74) is 9.19. The Hall–Kier alpha value is -0.860. The molecular weight excluding hydrogens is 256 g/mol. The van der Waals surface area contributed by atoms with Crippen molar-refractivity contribution in [3.05, 3.63) is 35.4 Å². The molecule has 0 spiro atoms. The van der Waals surface area contributed by atoms with Crippen LogP contribution < -0.4 is 5.73 Å². The van der Waals surface area contributed by atoms with Gasteiger partial charge < -0.3 is 5.73 Å². The van der Waals surface area contributed by atoms with Crippen molar-refractivity contribution in [2.75, 3.05) is 6.54 Å². The van der Waals surface area contributed by atoms with E-state index in [1.807, 2.05) is 0 Å². The molecular formula is C19H30N2. The summed E-state index contributed by atoms with van der Waals surface area (Å²) < 4.78 is 0.